The maximum atomic E-state index is 12.4. The number of benzene rings is 1. The lowest BCUT2D eigenvalue weighted by Gasteiger charge is -2.45. The normalized spacial score (nSPS) is 26.7. The van der Waals surface area contributed by atoms with E-state index in [2.05, 4.69) is 41.4 Å². The number of rotatable bonds is 3. The van der Waals surface area contributed by atoms with Gasteiger partial charge in [-0.2, -0.15) is 0 Å². The summed E-state index contributed by atoms with van der Waals surface area (Å²) < 4.78 is 0. The zero-order chi connectivity index (χ0) is 16.6. The Morgan fingerprint density at radius 1 is 1.26 bits per heavy atom. The van der Waals surface area contributed by atoms with Gasteiger partial charge in [0.05, 0.1) is 6.10 Å². The first-order valence-electron chi connectivity index (χ1n) is 8.02. The zero-order valence-electron chi connectivity index (χ0n) is 13.5. The van der Waals surface area contributed by atoms with E-state index < -0.39 is 18.2 Å². The maximum Gasteiger partial charge on any atom is 0.248 e. The molecule has 0 spiro atoms. The number of carbonyl (C=O) groups is 2. The number of amides is 2. The molecular formula is C17H23N3O3. The highest BCUT2D eigenvalue weighted by atomic mass is 16.3. The third-order valence-electron chi connectivity index (χ3n) is 4.62. The molecule has 0 radical (unpaired) electrons. The number of hydrogen-bond donors (Lipinski definition) is 2. The van der Waals surface area contributed by atoms with E-state index >= 15 is 0 Å². The van der Waals surface area contributed by atoms with Crippen molar-refractivity contribution in [3.63, 3.8) is 0 Å². The molecule has 0 aliphatic carbocycles. The van der Waals surface area contributed by atoms with Crippen LogP contribution in [0.5, 0.6) is 0 Å². The second-order valence-electron chi connectivity index (χ2n) is 6.50. The first-order valence-corrected chi connectivity index (χ1v) is 8.02. The van der Waals surface area contributed by atoms with E-state index in [1.807, 2.05) is 0 Å². The number of nitrogens with one attached hydrogen (secondary N) is 1. The molecule has 2 N–H and O–H groups in total. The monoisotopic (exact) mass is 317 g/mol. The van der Waals surface area contributed by atoms with Gasteiger partial charge in [-0.25, -0.2) is 0 Å². The van der Waals surface area contributed by atoms with Crippen LogP contribution in [0.25, 0.3) is 0 Å². The molecule has 2 amide bonds. The van der Waals surface area contributed by atoms with Gasteiger partial charge in [0.15, 0.2) is 0 Å². The van der Waals surface area contributed by atoms with E-state index in [9.17, 15) is 14.7 Å². The predicted molar refractivity (Wildman–Crippen MR) is 85.6 cm³/mol. The van der Waals surface area contributed by atoms with Crippen LogP contribution in [0.2, 0.25) is 0 Å². The van der Waals surface area contributed by atoms with Crippen molar-refractivity contribution in [3.8, 4) is 0 Å². The number of aryl methyl sites for hydroxylation is 1. The van der Waals surface area contributed by atoms with Gasteiger partial charge in [-0.1, -0.05) is 29.8 Å². The summed E-state index contributed by atoms with van der Waals surface area (Å²) in [4.78, 5) is 28.5. The quantitative estimate of drug-likeness (QED) is 0.816. The maximum absolute atomic E-state index is 12.4. The molecule has 6 nitrogen and oxygen atoms in total. The summed E-state index contributed by atoms with van der Waals surface area (Å²) in [5.74, 6) is -0.358. The molecule has 0 saturated carbocycles. The third kappa shape index (κ3) is 3.23. The van der Waals surface area contributed by atoms with Crippen molar-refractivity contribution in [1.29, 1.82) is 0 Å². The minimum atomic E-state index is -0.877. The lowest BCUT2D eigenvalue weighted by atomic mass is 10.0. The van der Waals surface area contributed by atoms with Gasteiger partial charge < -0.3 is 15.3 Å². The molecule has 0 bridgehead atoms. The molecule has 1 aromatic carbocycles. The molecule has 0 aromatic heterocycles. The first kappa shape index (κ1) is 16.0. The Morgan fingerprint density at radius 3 is 2.61 bits per heavy atom. The van der Waals surface area contributed by atoms with Crippen LogP contribution in [0.3, 0.4) is 0 Å². The summed E-state index contributed by atoms with van der Waals surface area (Å²) >= 11 is 0. The van der Waals surface area contributed by atoms with E-state index in [0.29, 0.717) is 13.1 Å². The van der Waals surface area contributed by atoms with Gasteiger partial charge in [0.25, 0.3) is 0 Å². The lowest BCUT2D eigenvalue weighted by Crippen LogP contribution is -2.70. The summed E-state index contributed by atoms with van der Waals surface area (Å²) in [5, 5.41) is 12.3. The summed E-state index contributed by atoms with van der Waals surface area (Å²) in [7, 11) is 0. The molecule has 2 aliphatic heterocycles. The van der Waals surface area contributed by atoms with Crippen molar-refractivity contribution in [3.05, 3.63) is 35.4 Å². The van der Waals surface area contributed by atoms with Crippen molar-refractivity contribution < 1.29 is 14.7 Å². The van der Waals surface area contributed by atoms with Crippen molar-refractivity contribution in [2.75, 3.05) is 19.6 Å². The average molecular weight is 317 g/mol. The molecular weight excluding hydrogens is 294 g/mol. The highest BCUT2D eigenvalue weighted by molar-refractivity contribution is 5.97. The fourth-order valence-corrected chi connectivity index (χ4v) is 3.24. The Hall–Kier alpha value is -1.92. The van der Waals surface area contributed by atoms with Gasteiger partial charge in [0.1, 0.15) is 12.1 Å². The molecule has 124 valence electrons. The molecule has 2 heterocycles. The third-order valence-corrected chi connectivity index (χ3v) is 4.62. The first-order chi connectivity index (χ1) is 11.0. The SMILES string of the molecule is Cc1ccc(CN2CCN3C(=O)[C@@H]([C@H](C)O)NC(=O)[C@H]3C2)cc1. The average Bonchev–Trinajstić information content (AvgIpc) is 2.53. The van der Waals surface area contributed by atoms with Crippen molar-refractivity contribution in [2.45, 2.75) is 38.6 Å². The molecule has 6 heteroatoms. The van der Waals surface area contributed by atoms with Crippen molar-refractivity contribution in [2.24, 2.45) is 0 Å². The van der Waals surface area contributed by atoms with E-state index in [1.165, 1.54) is 18.1 Å². The van der Waals surface area contributed by atoms with Gasteiger partial charge in [-0.3, -0.25) is 14.5 Å². The lowest BCUT2D eigenvalue weighted by molar-refractivity contribution is -0.156. The Labute approximate surface area is 136 Å². The Morgan fingerprint density at radius 2 is 1.96 bits per heavy atom. The van der Waals surface area contributed by atoms with Crippen molar-refractivity contribution in [1.82, 2.24) is 15.1 Å². The van der Waals surface area contributed by atoms with Gasteiger partial charge in [-0.15, -0.1) is 0 Å². The Kier molecular flexibility index (Phi) is 4.37. The second-order valence-corrected chi connectivity index (χ2v) is 6.50. The number of piperazine rings is 2. The molecule has 23 heavy (non-hydrogen) atoms. The van der Waals surface area contributed by atoms with Crippen molar-refractivity contribution >= 4 is 11.8 Å². The van der Waals surface area contributed by atoms with Crippen LogP contribution in [0.4, 0.5) is 0 Å². The minimum Gasteiger partial charge on any atom is -0.391 e. The van der Waals surface area contributed by atoms with Crippen LogP contribution in [0, 0.1) is 6.92 Å². The van der Waals surface area contributed by atoms with E-state index in [1.54, 1.807) is 4.90 Å². The van der Waals surface area contributed by atoms with Gasteiger partial charge in [0.2, 0.25) is 11.8 Å². The van der Waals surface area contributed by atoms with Crippen LogP contribution in [0.15, 0.2) is 24.3 Å². The number of nitrogens with zero attached hydrogens (tertiary/aromatic N) is 2. The van der Waals surface area contributed by atoms with Crippen LogP contribution >= 0.6 is 0 Å². The predicted octanol–water partition coefficient (Wildman–Crippen LogP) is -0.113. The molecule has 1 aromatic rings. The van der Waals surface area contributed by atoms with E-state index in [0.717, 1.165) is 13.1 Å². The fraction of sp³-hybridized carbons (Fsp3) is 0.529. The van der Waals surface area contributed by atoms with Crippen LogP contribution in [-0.2, 0) is 16.1 Å². The standard InChI is InChI=1S/C17H23N3O3/c1-11-3-5-13(6-4-11)9-19-7-8-20-14(10-19)16(22)18-15(12(2)21)17(20)23/h3-6,12,14-15,21H,7-10H2,1-2H3,(H,18,22)/t12-,14+,15+/m0/s1. The van der Waals surface area contributed by atoms with Gasteiger partial charge in [0, 0.05) is 26.2 Å². The Balaban J connectivity index is 1.67. The minimum absolute atomic E-state index is 0.177. The largest absolute Gasteiger partial charge is 0.391 e. The molecule has 2 saturated heterocycles. The molecule has 3 rings (SSSR count). The van der Waals surface area contributed by atoms with Crippen LogP contribution in [-0.4, -0.2) is 64.5 Å². The van der Waals surface area contributed by atoms with E-state index in [4.69, 9.17) is 0 Å². The fourth-order valence-electron chi connectivity index (χ4n) is 3.24. The number of aliphatic hydroxyl groups is 1. The number of hydrogen-bond acceptors (Lipinski definition) is 4. The summed E-state index contributed by atoms with van der Waals surface area (Å²) in [5.41, 5.74) is 2.42. The summed E-state index contributed by atoms with van der Waals surface area (Å²) in [6, 6.07) is 7.07. The van der Waals surface area contributed by atoms with Gasteiger partial charge >= 0.3 is 0 Å². The zero-order valence-corrected chi connectivity index (χ0v) is 13.5. The van der Waals surface area contributed by atoms with Gasteiger partial charge in [-0.05, 0) is 19.4 Å². The van der Waals surface area contributed by atoms with E-state index in [-0.39, 0.29) is 11.8 Å². The smallest absolute Gasteiger partial charge is 0.248 e. The topological polar surface area (TPSA) is 72.9 Å². The highest BCUT2D eigenvalue weighted by Crippen LogP contribution is 2.19. The van der Waals surface area contributed by atoms with Crippen LogP contribution < -0.4 is 5.32 Å². The summed E-state index contributed by atoms with van der Waals surface area (Å²) in [6.07, 6.45) is -0.877. The Bertz CT molecular complexity index is 600. The molecule has 3 atom stereocenters. The number of fused-ring (bicyclic) bond motifs is 1. The number of carbonyl (C=O) groups excluding carboxylic acids is 2. The second kappa shape index (κ2) is 6.29. The number of aliphatic hydroxyl groups excluding tert-OH is 1. The molecule has 2 fully saturated rings. The molecule has 0 unspecified atom stereocenters. The summed E-state index contributed by atoms with van der Waals surface area (Å²) in [6.45, 7) is 6.13. The molecule has 2 aliphatic rings. The van der Waals surface area contributed by atoms with Crippen LogP contribution in [0.1, 0.15) is 18.1 Å². The highest BCUT2D eigenvalue weighted by Gasteiger charge is 2.44.